The van der Waals surface area contributed by atoms with Gasteiger partial charge in [0, 0.05) is 17.1 Å². The van der Waals surface area contributed by atoms with Crippen LogP contribution in [0.5, 0.6) is 0 Å². The standard InChI is InChI=1S/C20H24N4O4S/c1-3-28-19(27)14-10-29-16(23-14)9-21-15(25)8-12-17(13-5-4-11(2)22-13)18(26)24-20(12)6-7-20/h10-11H,3-9H2,1-2H3,(H,21,25)(H,24,26)/t11-/m0/s1. The number of hydrogen-bond acceptors (Lipinski definition) is 7. The molecule has 0 aromatic carbocycles. The number of carbonyl (C=O) groups excluding carboxylic acids is 3. The summed E-state index contributed by atoms with van der Waals surface area (Å²) in [6.07, 6.45) is 3.61. The van der Waals surface area contributed by atoms with Crippen molar-refractivity contribution in [3.8, 4) is 0 Å². The van der Waals surface area contributed by atoms with Gasteiger partial charge in [-0.05, 0) is 45.1 Å². The fourth-order valence-electron chi connectivity index (χ4n) is 3.86. The Morgan fingerprint density at radius 1 is 1.41 bits per heavy atom. The number of aromatic nitrogens is 1. The molecule has 1 spiro atoms. The first kappa shape index (κ1) is 19.8. The lowest BCUT2D eigenvalue weighted by Gasteiger charge is -2.13. The maximum absolute atomic E-state index is 12.6. The van der Waals surface area contributed by atoms with Crippen LogP contribution < -0.4 is 10.6 Å². The molecule has 0 bridgehead atoms. The smallest absolute Gasteiger partial charge is 0.357 e. The van der Waals surface area contributed by atoms with E-state index < -0.39 is 5.97 Å². The van der Waals surface area contributed by atoms with Gasteiger partial charge in [-0.25, -0.2) is 9.78 Å². The van der Waals surface area contributed by atoms with Crippen molar-refractivity contribution in [3.05, 3.63) is 27.2 Å². The van der Waals surface area contributed by atoms with Crippen LogP contribution in [0.1, 0.15) is 61.4 Å². The van der Waals surface area contributed by atoms with E-state index in [0.717, 1.165) is 37.0 Å². The molecule has 29 heavy (non-hydrogen) atoms. The quantitative estimate of drug-likeness (QED) is 0.660. The molecule has 0 saturated heterocycles. The summed E-state index contributed by atoms with van der Waals surface area (Å²) in [6.45, 7) is 4.30. The SMILES string of the molecule is CCOC(=O)c1csc(CNC(=O)CC2=C(C3=N[C@@H](C)CC3)C(=O)NC23CC3)n1. The molecule has 1 saturated carbocycles. The molecule has 0 unspecified atom stereocenters. The zero-order valence-corrected chi connectivity index (χ0v) is 17.4. The molecule has 8 nitrogen and oxygen atoms in total. The topological polar surface area (TPSA) is 110 Å². The third-order valence-corrected chi connectivity index (χ3v) is 6.33. The van der Waals surface area contributed by atoms with Crippen molar-refractivity contribution in [2.45, 2.75) is 64.1 Å². The van der Waals surface area contributed by atoms with Crippen molar-refractivity contribution in [2.24, 2.45) is 4.99 Å². The molecule has 0 radical (unpaired) electrons. The zero-order chi connectivity index (χ0) is 20.6. The summed E-state index contributed by atoms with van der Waals surface area (Å²) in [4.78, 5) is 45.7. The Bertz CT molecular complexity index is 929. The largest absolute Gasteiger partial charge is 0.461 e. The normalized spacial score (nSPS) is 21.9. The first-order valence-corrected chi connectivity index (χ1v) is 10.8. The molecule has 3 aliphatic rings. The molecule has 154 valence electrons. The predicted octanol–water partition coefficient (Wildman–Crippen LogP) is 1.91. The van der Waals surface area contributed by atoms with Crippen molar-refractivity contribution in [2.75, 3.05) is 6.61 Å². The highest BCUT2D eigenvalue weighted by molar-refractivity contribution is 7.09. The number of esters is 1. The van der Waals surface area contributed by atoms with E-state index >= 15 is 0 Å². The van der Waals surface area contributed by atoms with E-state index in [-0.39, 0.29) is 42.1 Å². The Hall–Kier alpha value is -2.55. The van der Waals surface area contributed by atoms with Gasteiger partial charge in [-0.1, -0.05) is 0 Å². The second-order valence-corrected chi connectivity index (χ2v) is 8.60. The summed E-state index contributed by atoms with van der Waals surface area (Å²) in [5.41, 5.74) is 2.23. The number of rotatable bonds is 7. The van der Waals surface area contributed by atoms with Gasteiger partial charge in [0.2, 0.25) is 5.91 Å². The van der Waals surface area contributed by atoms with E-state index in [4.69, 9.17) is 4.74 Å². The highest BCUT2D eigenvalue weighted by Gasteiger charge is 2.54. The summed E-state index contributed by atoms with van der Waals surface area (Å²) in [7, 11) is 0. The molecule has 1 aromatic rings. The summed E-state index contributed by atoms with van der Waals surface area (Å²) in [5, 5.41) is 8.18. The van der Waals surface area contributed by atoms with Crippen molar-refractivity contribution >= 4 is 34.8 Å². The zero-order valence-electron chi connectivity index (χ0n) is 16.5. The Morgan fingerprint density at radius 3 is 2.86 bits per heavy atom. The van der Waals surface area contributed by atoms with Crippen LogP contribution in [0.4, 0.5) is 0 Å². The van der Waals surface area contributed by atoms with Gasteiger partial charge in [0.25, 0.3) is 5.91 Å². The van der Waals surface area contributed by atoms with E-state index in [1.54, 1.807) is 12.3 Å². The van der Waals surface area contributed by atoms with Crippen molar-refractivity contribution in [1.82, 2.24) is 15.6 Å². The minimum absolute atomic E-state index is 0.0999. The maximum atomic E-state index is 12.6. The van der Waals surface area contributed by atoms with E-state index in [9.17, 15) is 14.4 Å². The molecule has 4 rings (SSSR count). The van der Waals surface area contributed by atoms with E-state index in [2.05, 4.69) is 20.6 Å². The monoisotopic (exact) mass is 416 g/mol. The molecule has 3 heterocycles. The fourth-order valence-corrected chi connectivity index (χ4v) is 4.57. The highest BCUT2D eigenvalue weighted by Crippen LogP contribution is 2.49. The average molecular weight is 417 g/mol. The maximum Gasteiger partial charge on any atom is 0.357 e. The van der Waals surface area contributed by atoms with Crippen LogP contribution in [0.2, 0.25) is 0 Å². The van der Waals surface area contributed by atoms with Gasteiger partial charge in [0.1, 0.15) is 5.01 Å². The average Bonchev–Trinajstić information content (AvgIpc) is 3.01. The summed E-state index contributed by atoms with van der Waals surface area (Å²) < 4.78 is 4.93. The number of hydrogen-bond donors (Lipinski definition) is 2. The number of nitrogens with one attached hydrogen (secondary N) is 2. The first-order chi connectivity index (χ1) is 13.9. The molecular formula is C20H24N4O4S. The number of thiazole rings is 1. The third-order valence-electron chi connectivity index (χ3n) is 5.48. The van der Waals surface area contributed by atoms with E-state index in [1.807, 2.05) is 6.92 Å². The molecular weight excluding hydrogens is 392 g/mol. The minimum atomic E-state index is -0.464. The predicted molar refractivity (Wildman–Crippen MR) is 108 cm³/mol. The van der Waals surface area contributed by atoms with Gasteiger partial charge in [-0.15, -0.1) is 11.3 Å². The number of carbonyl (C=O) groups is 3. The van der Waals surface area contributed by atoms with Crippen molar-refractivity contribution in [1.29, 1.82) is 0 Å². The Kier molecular flexibility index (Phi) is 5.24. The molecule has 2 N–H and O–H groups in total. The van der Waals surface area contributed by atoms with Crippen LogP contribution >= 0.6 is 11.3 Å². The van der Waals surface area contributed by atoms with Crippen LogP contribution in [0.3, 0.4) is 0 Å². The van der Waals surface area contributed by atoms with Gasteiger partial charge in [0.05, 0.1) is 30.7 Å². The fraction of sp³-hybridized carbons (Fsp3) is 0.550. The second-order valence-electron chi connectivity index (χ2n) is 7.65. The minimum Gasteiger partial charge on any atom is -0.461 e. The second kappa shape index (κ2) is 7.70. The number of nitrogens with zero attached hydrogens (tertiary/aromatic N) is 2. The van der Waals surface area contributed by atoms with E-state index in [1.165, 1.54) is 11.3 Å². The Labute approximate surface area is 172 Å². The van der Waals surface area contributed by atoms with Gasteiger partial charge in [-0.3, -0.25) is 14.6 Å². The molecule has 9 heteroatoms. The highest BCUT2D eigenvalue weighted by atomic mass is 32.1. The first-order valence-electron chi connectivity index (χ1n) is 9.93. The molecule has 2 amide bonds. The number of ether oxygens (including phenoxy) is 1. The lowest BCUT2D eigenvalue weighted by atomic mass is 9.95. The van der Waals surface area contributed by atoms with Crippen LogP contribution in [0.15, 0.2) is 21.5 Å². The molecule has 2 aliphatic heterocycles. The van der Waals surface area contributed by atoms with Crippen molar-refractivity contribution in [3.63, 3.8) is 0 Å². The van der Waals surface area contributed by atoms with Crippen LogP contribution in [-0.4, -0.2) is 46.7 Å². The molecule has 1 fully saturated rings. The van der Waals surface area contributed by atoms with E-state index in [0.29, 0.717) is 17.2 Å². The summed E-state index contributed by atoms with van der Waals surface area (Å²) in [5.74, 6) is -0.731. The Morgan fingerprint density at radius 2 is 2.21 bits per heavy atom. The molecule has 1 aliphatic carbocycles. The number of aliphatic imine (C=N–C) groups is 1. The number of amides is 2. The van der Waals surface area contributed by atoms with Gasteiger partial charge in [-0.2, -0.15) is 0 Å². The Balaban J connectivity index is 1.43. The van der Waals surface area contributed by atoms with Crippen LogP contribution in [0.25, 0.3) is 0 Å². The molecule has 1 atom stereocenters. The lowest BCUT2D eigenvalue weighted by Crippen LogP contribution is -2.32. The third kappa shape index (κ3) is 3.96. The van der Waals surface area contributed by atoms with Crippen LogP contribution in [-0.2, 0) is 20.9 Å². The summed E-state index contributed by atoms with van der Waals surface area (Å²) in [6, 6.07) is 0.217. The van der Waals surface area contributed by atoms with Gasteiger partial charge >= 0.3 is 5.97 Å². The van der Waals surface area contributed by atoms with Gasteiger partial charge in [0.15, 0.2) is 5.69 Å². The summed E-state index contributed by atoms with van der Waals surface area (Å²) >= 11 is 1.30. The van der Waals surface area contributed by atoms with Gasteiger partial charge < -0.3 is 15.4 Å². The molecule has 1 aromatic heterocycles. The van der Waals surface area contributed by atoms with Crippen LogP contribution in [0, 0.1) is 0 Å². The van der Waals surface area contributed by atoms with Crippen molar-refractivity contribution < 1.29 is 19.1 Å². The lowest BCUT2D eigenvalue weighted by molar-refractivity contribution is -0.120.